The van der Waals surface area contributed by atoms with Crippen molar-refractivity contribution in [1.29, 1.82) is 0 Å². The van der Waals surface area contributed by atoms with Gasteiger partial charge in [0.05, 0.1) is 5.69 Å². The smallest absolute Gasteiger partial charge is 0.245 e. The molecule has 122 valence electrons. The molecule has 1 saturated heterocycles. The third-order valence-electron chi connectivity index (χ3n) is 4.45. The van der Waals surface area contributed by atoms with Crippen LogP contribution in [-0.4, -0.2) is 51.4 Å². The quantitative estimate of drug-likeness (QED) is 0.850. The third-order valence-corrected chi connectivity index (χ3v) is 4.45. The van der Waals surface area contributed by atoms with Gasteiger partial charge in [-0.2, -0.15) is 0 Å². The molecular formula is C18H24N4O. The van der Waals surface area contributed by atoms with Gasteiger partial charge in [0, 0.05) is 51.3 Å². The molecule has 3 rings (SSSR count). The van der Waals surface area contributed by atoms with E-state index in [-0.39, 0.29) is 11.9 Å². The van der Waals surface area contributed by atoms with Crippen molar-refractivity contribution in [1.82, 2.24) is 19.4 Å². The molecule has 0 aliphatic carbocycles. The zero-order valence-electron chi connectivity index (χ0n) is 13.6. The molecule has 5 heteroatoms. The van der Waals surface area contributed by atoms with Gasteiger partial charge in [0.2, 0.25) is 5.91 Å². The Morgan fingerprint density at radius 3 is 2.48 bits per heavy atom. The second-order valence-corrected chi connectivity index (χ2v) is 5.98. The van der Waals surface area contributed by atoms with E-state index in [2.05, 4.69) is 22.9 Å². The molecule has 1 amide bonds. The van der Waals surface area contributed by atoms with Gasteiger partial charge in [-0.1, -0.05) is 13.0 Å². The highest BCUT2D eigenvalue weighted by molar-refractivity contribution is 5.80. The molecule has 0 radical (unpaired) electrons. The summed E-state index contributed by atoms with van der Waals surface area (Å²) in [5, 5.41) is 0. The summed E-state index contributed by atoms with van der Waals surface area (Å²) >= 11 is 0. The maximum absolute atomic E-state index is 12.8. The molecule has 2 aromatic heterocycles. The minimum Gasteiger partial charge on any atom is -0.342 e. The lowest BCUT2D eigenvalue weighted by Gasteiger charge is -2.36. The predicted molar refractivity (Wildman–Crippen MR) is 89.9 cm³/mol. The van der Waals surface area contributed by atoms with Crippen LogP contribution in [0.25, 0.3) is 0 Å². The van der Waals surface area contributed by atoms with E-state index in [1.165, 1.54) is 0 Å². The maximum atomic E-state index is 12.8. The Morgan fingerprint density at radius 2 is 1.87 bits per heavy atom. The average molecular weight is 312 g/mol. The first-order chi connectivity index (χ1) is 11.3. The maximum Gasteiger partial charge on any atom is 0.245 e. The molecule has 5 nitrogen and oxygen atoms in total. The van der Waals surface area contributed by atoms with Crippen molar-refractivity contribution in [3.05, 3.63) is 54.6 Å². The Kier molecular flexibility index (Phi) is 5.08. The molecule has 3 heterocycles. The summed E-state index contributed by atoms with van der Waals surface area (Å²) in [5.41, 5.74) is 1.09. The highest BCUT2D eigenvalue weighted by Crippen LogP contribution is 2.17. The zero-order chi connectivity index (χ0) is 16.1. The summed E-state index contributed by atoms with van der Waals surface area (Å²) in [4.78, 5) is 21.5. The van der Waals surface area contributed by atoms with Gasteiger partial charge in [-0.05, 0) is 30.7 Å². The third kappa shape index (κ3) is 3.79. The van der Waals surface area contributed by atoms with E-state index >= 15 is 0 Å². The first-order valence-corrected chi connectivity index (χ1v) is 8.31. The second-order valence-electron chi connectivity index (χ2n) is 5.98. The van der Waals surface area contributed by atoms with Crippen LogP contribution in [0.1, 0.15) is 25.1 Å². The van der Waals surface area contributed by atoms with E-state index in [0.29, 0.717) is 0 Å². The van der Waals surface area contributed by atoms with Crippen molar-refractivity contribution < 1.29 is 4.79 Å². The summed E-state index contributed by atoms with van der Waals surface area (Å²) in [7, 11) is 0. The van der Waals surface area contributed by atoms with Crippen LogP contribution in [0.2, 0.25) is 0 Å². The van der Waals surface area contributed by atoms with E-state index in [4.69, 9.17) is 0 Å². The summed E-state index contributed by atoms with van der Waals surface area (Å²) in [6.45, 7) is 6.33. The summed E-state index contributed by atoms with van der Waals surface area (Å²) in [6, 6.07) is 9.88. The Bertz CT molecular complexity index is 603. The van der Waals surface area contributed by atoms with Crippen molar-refractivity contribution in [2.45, 2.75) is 25.9 Å². The molecular weight excluding hydrogens is 288 g/mol. The van der Waals surface area contributed by atoms with Crippen molar-refractivity contribution in [3.63, 3.8) is 0 Å². The number of carbonyl (C=O) groups excluding carboxylic acids is 1. The van der Waals surface area contributed by atoms with Gasteiger partial charge in [0.1, 0.15) is 6.04 Å². The summed E-state index contributed by atoms with van der Waals surface area (Å²) < 4.78 is 2.02. The van der Waals surface area contributed by atoms with E-state index in [0.717, 1.165) is 44.8 Å². The number of nitrogens with zero attached hydrogens (tertiary/aromatic N) is 4. The molecule has 0 N–H and O–H groups in total. The van der Waals surface area contributed by atoms with Crippen LogP contribution in [0.5, 0.6) is 0 Å². The first kappa shape index (κ1) is 15.7. The second kappa shape index (κ2) is 7.42. The number of hydrogen-bond acceptors (Lipinski definition) is 3. The fraction of sp³-hybridized carbons (Fsp3) is 0.444. The molecule has 2 aromatic rings. The average Bonchev–Trinajstić information content (AvgIpc) is 3.11. The zero-order valence-corrected chi connectivity index (χ0v) is 13.6. The van der Waals surface area contributed by atoms with Crippen LogP contribution in [0.15, 0.2) is 48.9 Å². The molecule has 1 aliphatic rings. The molecule has 1 fully saturated rings. The number of carbonyl (C=O) groups is 1. The topological polar surface area (TPSA) is 41.4 Å². The van der Waals surface area contributed by atoms with Crippen molar-refractivity contribution in [2.75, 3.05) is 26.2 Å². The number of amides is 1. The number of piperazine rings is 1. The van der Waals surface area contributed by atoms with Crippen LogP contribution in [0.4, 0.5) is 0 Å². The lowest BCUT2D eigenvalue weighted by atomic mass is 10.1. The van der Waals surface area contributed by atoms with E-state index in [1.807, 2.05) is 52.3 Å². The minimum atomic E-state index is -0.0765. The van der Waals surface area contributed by atoms with Crippen LogP contribution in [0.3, 0.4) is 0 Å². The SMILES string of the molecule is CCC(C(=O)N1CCN(Cc2ccccn2)CC1)n1cccc1. The minimum absolute atomic E-state index is 0.0765. The van der Waals surface area contributed by atoms with Crippen LogP contribution >= 0.6 is 0 Å². The van der Waals surface area contributed by atoms with E-state index in [9.17, 15) is 4.79 Å². The summed E-state index contributed by atoms with van der Waals surface area (Å²) in [6.07, 6.45) is 6.60. The molecule has 0 spiro atoms. The van der Waals surface area contributed by atoms with Crippen molar-refractivity contribution in [3.8, 4) is 0 Å². The van der Waals surface area contributed by atoms with Crippen molar-refractivity contribution >= 4 is 5.91 Å². The number of aromatic nitrogens is 2. The van der Waals surface area contributed by atoms with E-state index < -0.39 is 0 Å². The lowest BCUT2D eigenvalue weighted by molar-refractivity contribution is -0.136. The summed E-state index contributed by atoms with van der Waals surface area (Å²) in [5.74, 6) is 0.237. The largest absolute Gasteiger partial charge is 0.342 e. The fourth-order valence-electron chi connectivity index (χ4n) is 3.13. The predicted octanol–water partition coefficient (Wildman–Crippen LogP) is 2.18. The molecule has 1 unspecified atom stereocenters. The molecule has 0 saturated carbocycles. The molecule has 0 bridgehead atoms. The van der Waals surface area contributed by atoms with Crippen LogP contribution < -0.4 is 0 Å². The monoisotopic (exact) mass is 312 g/mol. The Balaban J connectivity index is 1.55. The normalized spacial score (nSPS) is 17.2. The Hall–Kier alpha value is -2.14. The van der Waals surface area contributed by atoms with Gasteiger partial charge in [0.15, 0.2) is 0 Å². The van der Waals surface area contributed by atoms with Gasteiger partial charge in [0.25, 0.3) is 0 Å². The Labute approximate surface area is 137 Å². The fourth-order valence-corrected chi connectivity index (χ4v) is 3.13. The van der Waals surface area contributed by atoms with Crippen molar-refractivity contribution in [2.24, 2.45) is 0 Å². The first-order valence-electron chi connectivity index (χ1n) is 8.31. The molecule has 1 aliphatic heterocycles. The Morgan fingerprint density at radius 1 is 1.13 bits per heavy atom. The highest BCUT2D eigenvalue weighted by atomic mass is 16.2. The van der Waals surface area contributed by atoms with Gasteiger partial charge in [-0.3, -0.25) is 14.7 Å². The van der Waals surface area contributed by atoms with Gasteiger partial charge < -0.3 is 9.47 Å². The van der Waals surface area contributed by atoms with Gasteiger partial charge >= 0.3 is 0 Å². The standard InChI is InChI=1S/C18H24N4O/c1-2-17(21-9-5-6-10-21)18(23)22-13-11-20(12-14-22)15-16-7-3-4-8-19-16/h3-10,17H,2,11-15H2,1H3. The highest BCUT2D eigenvalue weighted by Gasteiger charge is 2.27. The van der Waals surface area contributed by atoms with Crippen LogP contribution in [-0.2, 0) is 11.3 Å². The molecule has 1 atom stereocenters. The number of hydrogen-bond donors (Lipinski definition) is 0. The van der Waals surface area contributed by atoms with Crippen LogP contribution in [0, 0.1) is 0 Å². The van der Waals surface area contributed by atoms with Gasteiger partial charge in [-0.25, -0.2) is 0 Å². The number of rotatable bonds is 5. The molecule has 0 aromatic carbocycles. The van der Waals surface area contributed by atoms with E-state index in [1.54, 1.807) is 0 Å². The molecule has 23 heavy (non-hydrogen) atoms. The lowest BCUT2D eigenvalue weighted by Crippen LogP contribution is -2.50. The van der Waals surface area contributed by atoms with Gasteiger partial charge in [-0.15, -0.1) is 0 Å². The number of pyridine rings is 1.